The number of tetrazole rings is 1. The zero-order chi connectivity index (χ0) is 16.9. The fourth-order valence-corrected chi connectivity index (χ4v) is 2.30. The Bertz CT molecular complexity index is 829. The maximum Gasteiger partial charge on any atom is 0.330 e. The number of benzene rings is 2. The number of ether oxygens (including phenoxy) is 1. The Balaban J connectivity index is 1.57. The summed E-state index contributed by atoms with van der Waals surface area (Å²) in [5, 5.41) is 12.1. The van der Waals surface area contributed by atoms with Gasteiger partial charge in [0.2, 0.25) is 5.82 Å². The standard InChI is InChI=1S/C17H15BrN4O2/c1-12-2-6-14(7-3-12)17-19-21-22(20-17)10-16(23)24-11-13-4-8-15(18)9-5-13/h2-9H,10-11H2,1H3. The average Bonchev–Trinajstić information content (AvgIpc) is 3.03. The van der Waals surface area contributed by atoms with Gasteiger partial charge in [0.15, 0.2) is 6.54 Å². The van der Waals surface area contributed by atoms with Crippen LogP contribution in [-0.4, -0.2) is 26.2 Å². The van der Waals surface area contributed by atoms with Gasteiger partial charge >= 0.3 is 5.97 Å². The third kappa shape index (κ3) is 4.26. The molecule has 0 aliphatic rings. The molecule has 0 aliphatic carbocycles. The summed E-state index contributed by atoms with van der Waals surface area (Å²) in [6.45, 7) is 2.15. The molecule has 7 heteroatoms. The van der Waals surface area contributed by atoms with Crippen LogP contribution in [0.3, 0.4) is 0 Å². The molecule has 0 atom stereocenters. The van der Waals surface area contributed by atoms with Gasteiger partial charge in [-0.25, -0.2) is 4.79 Å². The van der Waals surface area contributed by atoms with Crippen LogP contribution in [0.4, 0.5) is 0 Å². The van der Waals surface area contributed by atoms with Crippen molar-refractivity contribution in [2.75, 3.05) is 0 Å². The Hall–Kier alpha value is -2.54. The highest BCUT2D eigenvalue weighted by Gasteiger charge is 2.10. The van der Waals surface area contributed by atoms with Crippen molar-refractivity contribution in [3.63, 3.8) is 0 Å². The normalized spacial score (nSPS) is 10.6. The number of hydrogen-bond acceptors (Lipinski definition) is 5. The van der Waals surface area contributed by atoms with E-state index in [0.29, 0.717) is 5.82 Å². The Labute approximate surface area is 147 Å². The average molecular weight is 387 g/mol. The van der Waals surface area contributed by atoms with E-state index < -0.39 is 5.97 Å². The van der Waals surface area contributed by atoms with Crippen molar-refractivity contribution in [2.24, 2.45) is 0 Å². The van der Waals surface area contributed by atoms with E-state index in [4.69, 9.17) is 4.74 Å². The van der Waals surface area contributed by atoms with E-state index in [-0.39, 0.29) is 13.2 Å². The van der Waals surface area contributed by atoms with Crippen molar-refractivity contribution in [1.29, 1.82) is 0 Å². The van der Waals surface area contributed by atoms with Crippen LogP contribution in [0.5, 0.6) is 0 Å². The molecule has 3 aromatic rings. The van der Waals surface area contributed by atoms with Crippen LogP contribution >= 0.6 is 15.9 Å². The molecule has 2 aromatic carbocycles. The highest BCUT2D eigenvalue weighted by atomic mass is 79.9. The lowest BCUT2D eigenvalue weighted by atomic mass is 10.1. The quantitative estimate of drug-likeness (QED) is 0.629. The molecule has 0 bridgehead atoms. The van der Waals surface area contributed by atoms with E-state index in [2.05, 4.69) is 31.3 Å². The topological polar surface area (TPSA) is 69.9 Å². The monoisotopic (exact) mass is 386 g/mol. The highest BCUT2D eigenvalue weighted by molar-refractivity contribution is 9.10. The third-order valence-corrected chi connectivity index (χ3v) is 3.87. The first-order valence-corrected chi connectivity index (χ1v) is 8.14. The summed E-state index contributed by atoms with van der Waals surface area (Å²) in [7, 11) is 0. The molecule has 0 spiro atoms. The molecule has 0 saturated carbocycles. The number of nitrogens with zero attached hydrogens (tertiary/aromatic N) is 4. The molecule has 3 rings (SSSR count). The van der Waals surface area contributed by atoms with Gasteiger partial charge in [0.05, 0.1) is 0 Å². The minimum atomic E-state index is -0.411. The first-order valence-electron chi connectivity index (χ1n) is 7.35. The fraction of sp³-hybridized carbons (Fsp3) is 0.176. The minimum absolute atomic E-state index is 0.0740. The number of aromatic nitrogens is 4. The molecule has 1 aromatic heterocycles. The molecular formula is C17H15BrN4O2. The summed E-state index contributed by atoms with van der Waals surface area (Å²) in [5.74, 6) is 0.0708. The summed E-state index contributed by atoms with van der Waals surface area (Å²) < 4.78 is 6.20. The number of hydrogen-bond donors (Lipinski definition) is 0. The number of halogens is 1. The van der Waals surface area contributed by atoms with Crippen LogP contribution in [0.2, 0.25) is 0 Å². The van der Waals surface area contributed by atoms with Crippen LogP contribution in [0.25, 0.3) is 11.4 Å². The second-order valence-electron chi connectivity index (χ2n) is 5.30. The molecule has 0 fully saturated rings. The maximum atomic E-state index is 11.9. The first-order chi connectivity index (χ1) is 11.6. The van der Waals surface area contributed by atoms with Crippen LogP contribution in [0.1, 0.15) is 11.1 Å². The predicted octanol–water partition coefficient (Wildman–Crippen LogP) is 3.15. The molecule has 24 heavy (non-hydrogen) atoms. The summed E-state index contributed by atoms with van der Waals surface area (Å²) in [6.07, 6.45) is 0. The molecule has 122 valence electrons. The third-order valence-electron chi connectivity index (χ3n) is 3.35. The van der Waals surface area contributed by atoms with Crippen molar-refractivity contribution in [2.45, 2.75) is 20.1 Å². The Morgan fingerprint density at radius 1 is 1.12 bits per heavy atom. The number of aryl methyl sites for hydroxylation is 1. The predicted molar refractivity (Wildman–Crippen MR) is 91.9 cm³/mol. The highest BCUT2D eigenvalue weighted by Crippen LogP contribution is 2.14. The lowest BCUT2D eigenvalue weighted by Gasteiger charge is -2.04. The summed E-state index contributed by atoms with van der Waals surface area (Å²) in [5.41, 5.74) is 2.93. The molecule has 0 aliphatic heterocycles. The van der Waals surface area contributed by atoms with Gasteiger partial charge in [-0.1, -0.05) is 57.9 Å². The molecule has 6 nitrogen and oxygen atoms in total. The molecular weight excluding hydrogens is 372 g/mol. The SMILES string of the molecule is Cc1ccc(-c2nnn(CC(=O)OCc3ccc(Br)cc3)n2)cc1. The Morgan fingerprint density at radius 2 is 1.83 bits per heavy atom. The van der Waals surface area contributed by atoms with Crippen molar-refractivity contribution in [3.05, 3.63) is 64.1 Å². The smallest absolute Gasteiger partial charge is 0.330 e. The minimum Gasteiger partial charge on any atom is -0.459 e. The van der Waals surface area contributed by atoms with Crippen LogP contribution < -0.4 is 0 Å². The van der Waals surface area contributed by atoms with Crippen molar-refractivity contribution < 1.29 is 9.53 Å². The van der Waals surface area contributed by atoms with E-state index in [1.807, 2.05) is 55.5 Å². The molecule has 0 N–H and O–H groups in total. The summed E-state index contributed by atoms with van der Waals surface area (Å²) in [6, 6.07) is 15.4. The van der Waals surface area contributed by atoms with Gasteiger partial charge in [-0.2, -0.15) is 4.80 Å². The van der Waals surface area contributed by atoms with E-state index >= 15 is 0 Å². The molecule has 0 amide bonds. The second-order valence-corrected chi connectivity index (χ2v) is 6.21. The number of carbonyl (C=O) groups is 1. The molecule has 0 radical (unpaired) electrons. The molecule has 0 unspecified atom stereocenters. The lowest BCUT2D eigenvalue weighted by Crippen LogP contribution is -2.15. The van der Waals surface area contributed by atoms with Crippen LogP contribution in [-0.2, 0) is 22.7 Å². The van der Waals surface area contributed by atoms with Gasteiger partial charge in [-0.15, -0.1) is 10.2 Å². The van der Waals surface area contributed by atoms with Crippen molar-refractivity contribution in [3.8, 4) is 11.4 Å². The van der Waals surface area contributed by atoms with Gasteiger partial charge in [-0.3, -0.25) is 0 Å². The fourth-order valence-electron chi connectivity index (χ4n) is 2.03. The summed E-state index contributed by atoms with van der Waals surface area (Å²) >= 11 is 3.36. The Kier molecular flexibility index (Phi) is 5.00. The van der Waals surface area contributed by atoms with E-state index in [9.17, 15) is 4.79 Å². The van der Waals surface area contributed by atoms with E-state index in [1.54, 1.807) is 0 Å². The number of carbonyl (C=O) groups excluding carboxylic acids is 1. The first kappa shape index (κ1) is 16.3. The van der Waals surface area contributed by atoms with Gasteiger partial charge in [-0.05, 0) is 29.8 Å². The van der Waals surface area contributed by atoms with Crippen molar-refractivity contribution >= 4 is 21.9 Å². The molecule has 1 heterocycles. The second kappa shape index (κ2) is 7.35. The van der Waals surface area contributed by atoms with Gasteiger partial charge in [0.25, 0.3) is 0 Å². The van der Waals surface area contributed by atoms with E-state index in [1.165, 1.54) is 4.80 Å². The number of esters is 1. The van der Waals surface area contributed by atoms with Gasteiger partial charge in [0, 0.05) is 10.0 Å². The largest absolute Gasteiger partial charge is 0.459 e. The van der Waals surface area contributed by atoms with Gasteiger partial charge in [0.1, 0.15) is 6.61 Å². The lowest BCUT2D eigenvalue weighted by molar-refractivity contribution is -0.146. The van der Waals surface area contributed by atoms with Crippen LogP contribution in [0, 0.1) is 6.92 Å². The molecule has 0 saturated heterocycles. The van der Waals surface area contributed by atoms with Crippen LogP contribution in [0.15, 0.2) is 53.0 Å². The Morgan fingerprint density at radius 3 is 2.54 bits per heavy atom. The van der Waals surface area contributed by atoms with Gasteiger partial charge < -0.3 is 4.74 Å². The maximum absolute atomic E-state index is 11.9. The van der Waals surface area contributed by atoms with E-state index in [0.717, 1.165) is 21.2 Å². The zero-order valence-corrected chi connectivity index (χ0v) is 14.6. The number of rotatable bonds is 5. The zero-order valence-electron chi connectivity index (χ0n) is 13.0. The van der Waals surface area contributed by atoms with Crippen molar-refractivity contribution in [1.82, 2.24) is 20.2 Å². The summed E-state index contributed by atoms with van der Waals surface area (Å²) in [4.78, 5) is 13.1.